The van der Waals surface area contributed by atoms with Crippen LogP contribution in [0.15, 0.2) is 30.6 Å². The molecule has 0 bridgehead atoms. The monoisotopic (exact) mass is 749 g/mol. The number of carbonyl (C=O) groups is 1. The molecule has 52 heavy (non-hydrogen) atoms. The number of fused-ring (bicyclic) bond motifs is 3. The molecule has 0 radical (unpaired) electrons. The van der Waals surface area contributed by atoms with Gasteiger partial charge in [0.15, 0.2) is 5.82 Å². The molecular formula is C36H35ClF3N9O2S. The summed E-state index contributed by atoms with van der Waals surface area (Å²) in [5.74, 6) is -0.510. The van der Waals surface area contributed by atoms with Crippen LogP contribution in [0.4, 0.5) is 28.8 Å². The van der Waals surface area contributed by atoms with Gasteiger partial charge in [0, 0.05) is 55.3 Å². The summed E-state index contributed by atoms with van der Waals surface area (Å²) in [4.78, 5) is 32.8. The van der Waals surface area contributed by atoms with Gasteiger partial charge in [-0.2, -0.15) is 15.2 Å². The van der Waals surface area contributed by atoms with Gasteiger partial charge in [0.25, 0.3) is 0 Å². The van der Waals surface area contributed by atoms with Crippen molar-refractivity contribution in [2.24, 2.45) is 0 Å². The van der Waals surface area contributed by atoms with E-state index in [1.807, 2.05) is 24.9 Å². The Morgan fingerprint density at radius 2 is 2.10 bits per heavy atom. The number of nitrogens with zero attached hydrogens (tertiary/aromatic N) is 8. The maximum Gasteiger partial charge on any atom is 0.329 e. The average molecular weight is 750 g/mol. The number of aryl methyl sites for hydroxylation is 1. The lowest BCUT2D eigenvalue weighted by Crippen LogP contribution is -2.45. The van der Waals surface area contributed by atoms with E-state index in [0.29, 0.717) is 37.6 Å². The van der Waals surface area contributed by atoms with Gasteiger partial charge in [-0.25, -0.2) is 22.9 Å². The maximum atomic E-state index is 17.2. The third kappa shape index (κ3) is 5.33. The molecule has 2 aromatic carbocycles. The molecule has 5 aromatic rings. The Bertz CT molecular complexity index is 2310. The van der Waals surface area contributed by atoms with Crippen molar-refractivity contribution in [3.8, 4) is 23.2 Å². The van der Waals surface area contributed by atoms with E-state index < -0.39 is 23.3 Å². The van der Waals surface area contributed by atoms with Gasteiger partial charge in [0.1, 0.15) is 46.8 Å². The lowest BCUT2D eigenvalue weighted by Gasteiger charge is -2.33. The number of likely N-dealkylation sites (tertiary alicyclic amines) is 1. The Balaban J connectivity index is 1.25. The van der Waals surface area contributed by atoms with E-state index in [-0.39, 0.29) is 78.4 Å². The molecular weight excluding hydrogens is 715 g/mol. The van der Waals surface area contributed by atoms with Crippen LogP contribution >= 0.6 is 22.9 Å². The van der Waals surface area contributed by atoms with Crippen molar-refractivity contribution in [2.45, 2.75) is 63.3 Å². The smallest absolute Gasteiger partial charge is 0.329 e. The summed E-state index contributed by atoms with van der Waals surface area (Å²) in [5, 5.41) is 10.5. The van der Waals surface area contributed by atoms with E-state index in [1.54, 1.807) is 30.3 Å². The van der Waals surface area contributed by atoms with Gasteiger partial charge < -0.3 is 20.3 Å². The summed E-state index contributed by atoms with van der Waals surface area (Å²) in [6, 6.07) is 5.33. The van der Waals surface area contributed by atoms with Crippen LogP contribution in [-0.4, -0.2) is 92.4 Å². The summed E-state index contributed by atoms with van der Waals surface area (Å²) in [5.41, 5.74) is 5.62. The van der Waals surface area contributed by atoms with Gasteiger partial charge in [0.2, 0.25) is 0 Å². The SMILES string of the molecule is Cc1nccn1C(=O)N1CC[C@@H](N(C)c2nc(OC[C@@]34CCCN3C[C@H](F)C4)nc3c(F)c(-c4ccc(F)c5sc(N)c(C#N)c45)c(Cl)cc23)[C@H]1C. The molecule has 3 aliphatic heterocycles. The number of hydrogen-bond acceptors (Lipinski definition) is 10. The highest BCUT2D eigenvalue weighted by atomic mass is 35.5. The first kappa shape index (κ1) is 34.4. The first-order chi connectivity index (χ1) is 24.9. The molecule has 2 N–H and O–H groups in total. The van der Waals surface area contributed by atoms with Gasteiger partial charge in [0.05, 0.1) is 32.9 Å². The minimum atomic E-state index is -0.970. The molecule has 270 valence electrons. The lowest BCUT2D eigenvalue weighted by molar-refractivity contribution is 0.107. The Morgan fingerprint density at radius 3 is 2.85 bits per heavy atom. The van der Waals surface area contributed by atoms with Gasteiger partial charge >= 0.3 is 12.0 Å². The van der Waals surface area contributed by atoms with Crippen LogP contribution in [0.2, 0.25) is 5.02 Å². The lowest BCUT2D eigenvalue weighted by atomic mass is 9.95. The van der Waals surface area contributed by atoms with Crippen molar-refractivity contribution in [1.29, 1.82) is 5.26 Å². The number of anilines is 2. The van der Waals surface area contributed by atoms with E-state index in [0.717, 1.165) is 30.7 Å². The number of alkyl halides is 1. The predicted octanol–water partition coefficient (Wildman–Crippen LogP) is 6.92. The number of ether oxygens (including phenoxy) is 1. The Kier molecular flexibility index (Phi) is 8.47. The topological polar surface area (TPSA) is 129 Å². The van der Waals surface area contributed by atoms with Crippen molar-refractivity contribution >= 4 is 60.8 Å². The number of nitrogen functional groups attached to an aromatic ring is 1. The molecule has 6 heterocycles. The van der Waals surface area contributed by atoms with Crippen LogP contribution < -0.4 is 15.4 Å². The van der Waals surface area contributed by atoms with Gasteiger partial charge in [-0.15, -0.1) is 11.3 Å². The summed E-state index contributed by atoms with van der Waals surface area (Å²) in [6.07, 6.45) is 4.82. The largest absolute Gasteiger partial charge is 0.461 e. The average Bonchev–Trinajstić information content (AvgIpc) is 3.93. The number of carbonyl (C=O) groups excluding carboxylic acids is 1. The normalized spacial score (nSPS) is 23.1. The van der Waals surface area contributed by atoms with Crippen molar-refractivity contribution in [3.05, 3.63) is 58.6 Å². The standard InChI is InChI=1S/C36H35ClF3N9O2S/c1-18-26(7-11-48(18)35(50)49-12-9-43-19(49)2)46(3)33-22-13-24(37)28(21-5-6-25(39)31-27(21)23(15-41)32(42)52-31)29(40)30(22)44-34(45-33)51-17-36-8-4-10-47(36)16-20(38)14-36/h5-6,9,12-13,18,20,26H,4,7-8,10-11,14,16-17,42H2,1-3H3/t18-,20-,26-,36+/m1/s1. The maximum absolute atomic E-state index is 17.2. The van der Waals surface area contributed by atoms with Crippen molar-refractivity contribution in [1.82, 2.24) is 29.3 Å². The fourth-order valence-electron chi connectivity index (χ4n) is 8.48. The molecule has 3 fully saturated rings. The van der Waals surface area contributed by atoms with Crippen molar-refractivity contribution < 1.29 is 22.7 Å². The number of rotatable bonds is 6. The second kappa shape index (κ2) is 12.8. The summed E-state index contributed by atoms with van der Waals surface area (Å²) in [6.45, 7) is 5.40. The zero-order valence-corrected chi connectivity index (χ0v) is 30.2. The zero-order chi connectivity index (χ0) is 36.6. The highest BCUT2D eigenvalue weighted by Gasteiger charge is 2.49. The molecule has 4 atom stereocenters. The quantitative estimate of drug-likeness (QED) is 0.197. The number of imidazole rings is 1. The molecule has 16 heteroatoms. The third-order valence-electron chi connectivity index (χ3n) is 11.1. The second-order valence-electron chi connectivity index (χ2n) is 13.9. The molecule has 3 saturated heterocycles. The fraction of sp³-hybridized carbons (Fsp3) is 0.417. The van der Waals surface area contributed by atoms with E-state index in [1.165, 1.54) is 16.7 Å². The Morgan fingerprint density at radius 1 is 1.29 bits per heavy atom. The molecule has 0 unspecified atom stereocenters. The van der Waals surface area contributed by atoms with Crippen molar-refractivity contribution in [3.63, 3.8) is 0 Å². The molecule has 3 aliphatic rings. The molecule has 0 aliphatic carbocycles. The summed E-state index contributed by atoms with van der Waals surface area (Å²) >= 11 is 7.80. The fourth-order valence-corrected chi connectivity index (χ4v) is 9.73. The number of likely N-dealkylation sites (N-methyl/N-ethyl adjacent to an activating group) is 1. The first-order valence-corrected chi connectivity index (χ1v) is 18.3. The van der Waals surface area contributed by atoms with E-state index in [4.69, 9.17) is 27.1 Å². The predicted molar refractivity (Wildman–Crippen MR) is 194 cm³/mol. The van der Waals surface area contributed by atoms with Crippen LogP contribution in [0.3, 0.4) is 0 Å². The molecule has 1 amide bonds. The molecule has 0 saturated carbocycles. The number of hydrogen-bond donors (Lipinski definition) is 1. The summed E-state index contributed by atoms with van der Waals surface area (Å²) < 4.78 is 54.6. The molecule has 8 rings (SSSR count). The first-order valence-electron chi connectivity index (χ1n) is 17.1. The van der Waals surface area contributed by atoms with E-state index in [9.17, 15) is 18.8 Å². The van der Waals surface area contributed by atoms with Crippen LogP contribution in [0.25, 0.3) is 32.1 Å². The number of thiophene rings is 1. The van der Waals surface area contributed by atoms with Gasteiger partial charge in [-0.1, -0.05) is 17.7 Å². The number of aromatic nitrogens is 4. The van der Waals surface area contributed by atoms with Crippen molar-refractivity contribution in [2.75, 3.05) is 43.9 Å². The number of halogens is 4. The summed E-state index contributed by atoms with van der Waals surface area (Å²) in [7, 11) is 1.82. The molecule has 3 aromatic heterocycles. The molecule has 0 spiro atoms. The zero-order valence-electron chi connectivity index (χ0n) is 28.7. The van der Waals surface area contributed by atoms with E-state index >= 15 is 4.39 Å². The minimum absolute atomic E-state index is 0.00854. The van der Waals surface area contributed by atoms with Crippen LogP contribution in [0.1, 0.15) is 44.0 Å². The van der Waals surface area contributed by atoms with Crippen LogP contribution in [-0.2, 0) is 0 Å². The Labute approximate surface area is 306 Å². The minimum Gasteiger partial charge on any atom is -0.461 e. The van der Waals surface area contributed by atoms with Gasteiger partial charge in [-0.05, 0) is 57.4 Å². The highest BCUT2D eigenvalue weighted by Crippen LogP contribution is 2.46. The Hall–Kier alpha value is -4.65. The van der Waals surface area contributed by atoms with E-state index in [2.05, 4.69) is 14.9 Å². The number of nitrogens with two attached hydrogens (primary N) is 1. The number of amides is 1. The number of nitriles is 1. The number of benzene rings is 2. The third-order valence-corrected chi connectivity index (χ3v) is 12.4. The second-order valence-corrected chi connectivity index (χ2v) is 15.4. The van der Waals surface area contributed by atoms with Crippen LogP contribution in [0, 0.1) is 29.9 Å². The molecule has 11 nitrogen and oxygen atoms in total. The highest BCUT2D eigenvalue weighted by molar-refractivity contribution is 7.23. The van der Waals surface area contributed by atoms with Crippen LogP contribution in [0.5, 0.6) is 6.01 Å². The van der Waals surface area contributed by atoms with Gasteiger partial charge in [-0.3, -0.25) is 9.47 Å².